The molecule has 0 N–H and O–H groups in total. The fourth-order valence-electron chi connectivity index (χ4n) is 9.51. The molecular formula is C64H44N4. The fourth-order valence-corrected chi connectivity index (χ4v) is 9.51. The van der Waals surface area contributed by atoms with Crippen LogP contribution in [0, 0.1) is 0 Å². The van der Waals surface area contributed by atoms with Crippen molar-refractivity contribution >= 4 is 66.7 Å². The van der Waals surface area contributed by atoms with Gasteiger partial charge in [-0.25, -0.2) is 9.97 Å². The summed E-state index contributed by atoms with van der Waals surface area (Å²) < 4.78 is 0. The summed E-state index contributed by atoms with van der Waals surface area (Å²) in [4.78, 5) is 15.9. The molecule has 0 unspecified atom stereocenters. The van der Waals surface area contributed by atoms with E-state index < -0.39 is 0 Å². The molecule has 0 radical (unpaired) electrons. The van der Waals surface area contributed by atoms with Crippen LogP contribution in [0.25, 0.3) is 77.3 Å². The predicted octanol–water partition coefficient (Wildman–Crippen LogP) is 17.5. The van der Waals surface area contributed by atoms with Crippen LogP contribution >= 0.6 is 0 Å². The zero-order valence-corrected chi connectivity index (χ0v) is 37.2. The lowest BCUT2D eigenvalue weighted by molar-refractivity contribution is 1.27. The van der Waals surface area contributed by atoms with Gasteiger partial charge in [0.15, 0.2) is 0 Å². The molecule has 1 aromatic heterocycles. The maximum atomic E-state index is 5.63. The van der Waals surface area contributed by atoms with Crippen molar-refractivity contribution < 1.29 is 0 Å². The summed E-state index contributed by atoms with van der Waals surface area (Å²) in [7, 11) is 0. The van der Waals surface area contributed by atoms with Crippen LogP contribution in [0.1, 0.15) is 0 Å². The van der Waals surface area contributed by atoms with Crippen LogP contribution in [-0.2, 0) is 0 Å². The zero-order chi connectivity index (χ0) is 45.2. The van der Waals surface area contributed by atoms with Crippen molar-refractivity contribution in [3.63, 3.8) is 0 Å². The molecule has 0 saturated carbocycles. The Morgan fingerprint density at radius 1 is 0.191 bits per heavy atom. The van der Waals surface area contributed by atoms with Crippen molar-refractivity contribution in [1.29, 1.82) is 0 Å². The lowest BCUT2D eigenvalue weighted by atomic mass is 9.97. The van der Waals surface area contributed by atoms with Gasteiger partial charge in [0.2, 0.25) is 0 Å². The zero-order valence-electron chi connectivity index (χ0n) is 37.2. The van der Waals surface area contributed by atoms with Crippen LogP contribution in [0.5, 0.6) is 0 Å². The normalized spacial score (nSPS) is 11.2. The Kier molecular flexibility index (Phi) is 10.5. The number of rotatable bonds is 10. The van der Waals surface area contributed by atoms with Crippen LogP contribution in [-0.4, -0.2) is 9.97 Å². The molecule has 0 aliphatic heterocycles. The first-order valence-corrected chi connectivity index (χ1v) is 23.1. The Labute approximate surface area is 396 Å². The van der Waals surface area contributed by atoms with E-state index in [0.717, 1.165) is 89.2 Å². The van der Waals surface area contributed by atoms with E-state index in [1.807, 2.05) is 0 Å². The predicted molar refractivity (Wildman–Crippen MR) is 286 cm³/mol. The molecule has 68 heavy (non-hydrogen) atoms. The molecule has 4 heteroatoms. The van der Waals surface area contributed by atoms with Gasteiger partial charge in [-0.3, -0.25) is 0 Å². The van der Waals surface area contributed by atoms with Crippen molar-refractivity contribution in [2.75, 3.05) is 9.80 Å². The van der Waals surface area contributed by atoms with E-state index in [0.29, 0.717) is 0 Å². The van der Waals surface area contributed by atoms with Gasteiger partial charge in [-0.05, 0) is 106 Å². The summed E-state index contributed by atoms with van der Waals surface area (Å²) in [5, 5.41) is 4.50. The van der Waals surface area contributed by atoms with Gasteiger partial charge in [0, 0.05) is 56.0 Å². The van der Waals surface area contributed by atoms with Crippen molar-refractivity contribution in [1.82, 2.24) is 9.97 Å². The van der Waals surface area contributed by atoms with Gasteiger partial charge in [-0.1, -0.05) is 194 Å². The van der Waals surface area contributed by atoms with Crippen LogP contribution in [0.2, 0.25) is 0 Å². The monoisotopic (exact) mass is 868 g/mol. The van der Waals surface area contributed by atoms with Crippen LogP contribution in [0.15, 0.2) is 267 Å². The van der Waals surface area contributed by atoms with E-state index >= 15 is 0 Å². The first-order valence-electron chi connectivity index (χ1n) is 23.1. The first kappa shape index (κ1) is 40.4. The molecule has 11 aromatic carbocycles. The van der Waals surface area contributed by atoms with Crippen molar-refractivity contribution in [2.45, 2.75) is 0 Å². The third kappa shape index (κ3) is 7.60. The number of hydrogen-bond acceptors (Lipinski definition) is 4. The van der Waals surface area contributed by atoms with Crippen molar-refractivity contribution in [2.24, 2.45) is 0 Å². The quantitative estimate of drug-likeness (QED) is 0.128. The molecule has 12 aromatic rings. The SMILES string of the molecule is c1ccc(-c2ccc(N(c3ccccc3)c3ccc(-c4nc5c6ccccc6c6ccccc6c5nc4-c4ccc(N(c5ccccc5)c5ccc(-c6ccccc6)cc5)cc4)cc3)cc2)cc1. The standard InChI is InChI=1S/C64H44N4/c1-5-17-45(18-6-1)47-29-37-53(38-30-47)67(51-21-9-3-10-22-51)55-41-33-49(34-42-55)61-62(66-64-60-28-16-14-26-58(60)57-25-13-15-27-59(57)63(64)65-61)50-35-43-56(44-36-50)68(52-23-11-4-12-24-52)54-39-31-48(32-40-54)46-19-7-2-8-20-46/h1-44H. The highest BCUT2D eigenvalue weighted by atomic mass is 15.1. The van der Waals surface area contributed by atoms with Crippen LogP contribution in [0.4, 0.5) is 34.1 Å². The number of para-hydroxylation sites is 2. The highest BCUT2D eigenvalue weighted by Crippen LogP contribution is 2.42. The molecule has 1 heterocycles. The Balaban J connectivity index is 0.984. The average molecular weight is 869 g/mol. The smallest absolute Gasteiger partial charge is 0.0979 e. The van der Waals surface area contributed by atoms with E-state index in [2.05, 4.69) is 277 Å². The summed E-state index contributed by atoms with van der Waals surface area (Å²) in [6, 6.07) is 94.4. The lowest BCUT2D eigenvalue weighted by Gasteiger charge is -2.26. The third-order valence-corrected chi connectivity index (χ3v) is 12.8. The molecule has 0 fully saturated rings. The Morgan fingerprint density at radius 2 is 0.426 bits per heavy atom. The number of hydrogen-bond donors (Lipinski definition) is 0. The van der Waals surface area contributed by atoms with Crippen LogP contribution in [0.3, 0.4) is 0 Å². The van der Waals surface area contributed by atoms with Gasteiger partial charge in [-0.15, -0.1) is 0 Å². The number of nitrogens with zero attached hydrogens (tertiary/aromatic N) is 4. The van der Waals surface area contributed by atoms with Gasteiger partial charge in [0.25, 0.3) is 0 Å². The number of aromatic nitrogens is 2. The second kappa shape index (κ2) is 17.7. The third-order valence-electron chi connectivity index (χ3n) is 12.8. The minimum absolute atomic E-state index is 0.826. The highest BCUT2D eigenvalue weighted by Gasteiger charge is 2.20. The fraction of sp³-hybridized carbons (Fsp3) is 0. The molecule has 0 bridgehead atoms. The summed E-state index contributed by atoms with van der Waals surface area (Å²) in [6.45, 7) is 0. The van der Waals surface area contributed by atoms with E-state index in [-0.39, 0.29) is 0 Å². The summed E-state index contributed by atoms with van der Waals surface area (Å²) >= 11 is 0. The van der Waals surface area contributed by atoms with Gasteiger partial charge in [0.05, 0.1) is 22.4 Å². The van der Waals surface area contributed by atoms with E-state index in [1.54, 1.807) is 0 Å². The van der Waals surface area contributed by atoms with Gasteiger partial charge in [-0.2, -0.15) is 0 Å². The first-order chi connectivity index (χ1) is 33.7. The second-order valence-electron chi connectivity index (χ2n) is 17.0. The number of fused-ring (bicyclic) bond motifs is 6. The maximum Gasteiger partial charge on any atom is 0.0979 e. The molecular weight excluding hydrogens is 825 g/mol. The average Bonchev–Trinajstić information content (AvgIpc) is 3.43. The van der Waals surface area contributed by atoms with E-state index in [1.165, 1.54) is 22.3 Å². The van der Waals surface area contributed by atoms with Crippen LogP contribution < -0.4 is 9.80 Å². The Bertz CT molecular complexity index is 3430. The summed E-state index contributed by atoms with van der Waals surface area (Å²) in [5.74, 6) is 0. The minimum Gasteiger partial charge on any atom is -0.311 e. The van der Waals surface area contributed by atoms with Gasteiger partial charge < -0.3 is 9.80 Å². The minimum atomic E-state index is 0.826. The number of benzene rings is 11. The van der Waals surface area contributed by atoms with Crippen molar-refractivity contribution in [3.05, 3.63) is 267 Å². The van der Waals surface area contributed by atoms with Gasteiger partial charge >= 0.3 is 0 Å². The highest BCUT2D eigenvalue weighted by molar-refractivity contribution is 6.23. The lowest BCUT2D eigenvalue weighted by Crippen LogP contribution is -2.10. The summed E-state index contributed by atoms with van der Waals surface area (Å²) in [6.07, 6.45) is 0. The van der Waals surface area contributed by atoms with E-state index in [9.17, 15) is 0 Å². The maximum absolute atomic E-state index is 5.63. The molecule has 0 aliphatic carbocycles. The molecule has 0 atom stereocenters. The molecule has 0 aliphatic rings. The summed E-state index contributed by atoms with van der Waals surface area (Å²) in [5.41, 5.74) is 16.5. The Hall–Kier alpha value is -9.12. The molecule has 0 saturated heterocycles. The molecule has 320 valence electrons. The van der Waals surface area contributed by atoms with Gasteiger partial charge in [0.1, 0.15) is 0 Å². The second-order valence-corrected chi connectivity index (χ2v) is 17.0. The van der Waals surface area contributed by atoms with Crippen molar-refractivity contribution in [3.8, 4) is 44.8 Å². The molecule has 0 amide bonds. The molecule has 0 spiro atoms. The Morgan fingerprint density at radius 3 is 0.750 bits per heavy atom. The number of anilines is 6. The molecule has 12 rings (SSSR count). The molecule has 4 nitrogen and oxygen atoms in total. The van der Waals surface area contributed by atoms with E-state index in [4.69, 9.17) is 9.97 Å². The topological polar surface area (TPSA) is 32.3 Å². The largest absolute Gasteiger partial charge is 0.311 e.